The fourth-order valence-corrected chi connectivity index (χ4v) is 3.76. The van der Waals surface area contributed by atoms with Crippen LogP contribution in [0.25, 0.3) is 0 Å². The monoisotopic (exact) mass is 359 g/mol. The molecular formula is C15H19BrClNO2. The predicted octanol–water partition coefficient (Wildman–Crippen LogP) is 4.18. The van der Waals surface area contributed by atoms with Crippen LogP contribution in [0.2, 0.25) is 5.02 Å². The number of benzene rings is 1. The van der Waals surface area contributed by atoms with Gasteiger partial charge in [-0.2, -0.15) is 0 Å². The van der Waals surface area contributed by atoms with Gasteiger partial charge in [0.15, 0.2) is 0 Å². The van der Waals surface area contributed by atoms with Crippen LogP contribution in [-0.4, -0.2) is 28.6 Å². The number of piperidine rings is 1. The standard InChI is InChI=1S/C15H19BrClNO2/c1-15(2)6-3-7-18(13(15)14(19)20)9-10-4-5-11(16)8-12(10)17/h4-5,8,13H,3,6-7,9H2,1-2H3,(H,19,20). The van der Waals surface area contributed by atoms with Crippen LogP contribution < -0.4 is 0 Å². The van der Waals surface area contributed by atoms with E-state index in [0.29, 0.717) is 11.6 Å². The van der Waals surface area contributed by atoms with Gasteiger partial charge in [0.2, 0.25) is 0 Å². The second-order valence-electron chi connectivity index (χ2n) is 6.04. The van der Waals surface area contributed by atoms with E-state index in [9.17, 15) is 9.90 Å². The number of carboxylic acids is 1. The van der Waals surface area contributed by atoms with Gasteiger partial charge < -0.3 is 5.11 Å². The molecule has 1 N–H and O–H groups in total. The van der Waals surface area contributed by atoms with Gasteiger partial charge >= 0.3 is 5.97 Å². The first kappa shape index (κ1) is 15.8. The smallest absolute Gasteiger partial charge is 0.321 e. The van der Waals surface area contributed by atoms with Crippen molar-refractivity contribution in [3.63, 3.8) is 0 Å². The average Bonchev–Trinajstić information content (AvgIpc) is 2.31. The van der Waals surface area contributed by atoms with Crippen molar-refractivity contribution in [1.82, 2.24) is 4.90 Å². The van der Waals surface area contributed by atoms with Gasteiger partial charge in [-0.3, -0.25) is 9.69 Å². The maximum atomic E-state index is 11.6. The summed E-state index contributed by atoms with van der Waals surface area (Å²) in [5.41, 5.74) is 0.755. The highest BCUT2D eigenvalue weighted by atomic mass is 79.9. The molecule has 2 rings (SSSR count). The van der Waals surface area contributed by atoms with Crippen LogP contribution in [0, 0.1) is 5.41 Å². The van der Waals surface area contributed by atoms with Crippen molar-refractivity contribution in [2.75, 3.05) is 6.54 Å². The summed E-state index contributed by atoms with van der Waals surface area (Å²) >= 11 is 9.63. The van der Waals surface area contributed by atoms with E-state index in [4.69, 9.17) is 11.6 Å². The molecule has 1 unspecified atom stereocenters. The van der Waals surface area contributed by atoms with E-state index in [-0.39, 0.29) is 5.41 Å². The summed E-state index contributed by atoms with van der Waals surface area (Å²) in [7, 11) is 0. The molecule has 0 bridgehead atoms. The summed E-state index contributed by atoms with van der Waals surface area (Å²) in [6.07, 6.45) is 1.96. The van der Waals surface area contributed by atoms with Crippen LogP contribution >= 0.6 is 27.5 Å². The Labute approximate surface area is 133 Å². The number of rotatable bonds is 3. The Morgan fingerprint density at radius 2 is 2.25 bits per heavy atom. The van der Waals surface area contributed by atoms with Gasteiger partial charge in [-0.05, 0) is 42.5 Å². The topological polar surface area (TPSA) is 40.5 Å². The third kappa shape index (κ3) is 3.35. The van der Waals surface area contributed by atoms with Gasteiger partial charge in [-0.25, -0.2) is 0 Å². The molecule has 1 aliphatic heterocycles. The maximum absolute atomic E-state index is 11.6. The summed E-state index contributed by atoms with van der Waals surface area (Å²) in [5, 5.41) is 10.2. The van der Waals surface area contributed by atoms with Gasteiger partial charge in [-0.1, -0.05) is 47.4 Å². The van der Waals surface area contributed by atoms with Crippen LogP contribution in [0.4, 0.5) is 0 Å². The highest BCUT2D eigenvalue weighted by Crippen LogP contribution is 2.36. The Kier molecular flexibility index (Phi) is 4.77. The highest BCUT2D eigenvalue weighted by Gasteiger charge is 2.42. The summed E-state index contributed by atoms with van der Waals surface area (Å²) in [6.45, 7) is 5.43. The Morgan fingerprint density at radius 1 is 1.55 bits per heavy atom. The second kappa shape index (κ2) is 6.04. The lowest BCUT2D eigenvalue weighted by molar-refractivity contribution is -0.151. The van der Waals surface area contributed by atoms with E-state index in [1.165, 1.54) is 0 Å². The molecule has 1 saturated heterocycles. The molecule has 1 atom stereocenters. The molecule has 5 heteroatoms. The first-order chi connectivity index (χ1) is 9.31. The fraction of sp³-hybridized carbons (Fsp3) is 0.533. The third-order valence-electron chi connectivity index (χ3n) is 3.99. The van der Waals surface area contributed by atoms with Crippen LogP contribution in [0.15, 0.2) is 22.7 Å². The molecule has 0 amide bonds. The number of nitrogens with zero attached hydrogens (tertiary/aromatic N) is 1. The molecule has 110 valence electrons. The van der Waals surface area contributed by atoms with Gasteiger partial charge in [0.25, 0.3) is 0 Å². The van der Waals surface area contributed by atoms with Crippen molar-refractivity contribution < 1.29 is 9.90 Å². The zero-order valence-electron chi connectivity index (χ0n) is 11.7. The zero-order valence-corrected chi connectivity index (χ0v) is 14.0. The van der Waals surface area contributed by atoms with Gasteiger partial charge in [-0.15, -0.1) is 0 Å². The van der Waals surface area contributed by atoms with Crippen molar-refractivity contribution in [1.29, 1.82) is 0 Å². The minimum Gasteiger partial charge on any atom is -0.480 e. The minimum absolute atomic E-state index is 0.216. The molecule has 1 aromatic carbocycles. The van der Waals surface area contributed by atoms with E-state index in [2.05, 4.69) is 15.9 Å². The van der Waals surface area contributed by atoms with E-state index in [1.807, 2.05) is 36.9 Å². The Bertz CT molecular complexity index is 519. The van der Waals surface area contributed by atoms with Crippen molar-refractivity contribution in [2.45, 2.75) is 39.3 Å². The average molecular weight is 361 g/mol. The molecule has 0 spiro atoms. The first-order valence-electron chi connectivity index (χ1n) is 6.72. The predicted molar refractivity (Wildman–Crippen MR) is 84.0 cm³/mol. The molecule has 3 nitrogen and oxygen atoms in total. The van der Waals surface area contributed by atoms with E-state index >= 15 is 0 Å². The molecule has 1 aliphatic rings. The van der Waals surface area contributed by atoms with E-state index in [1.54, 1.807) is 0 Å². The Morgan fingerprint density at radius 3 is 2.85 bits per heavy atom. The second-order valence-corrected chi connectivity index (χ2v) is 7.36. The van der Waals surface area contributed by atoms with Crippen LogP contribution in [0.5, 0.6) is 0 Å². The summed E-state index contributed by atoms with van der Waals surface area (Å²) in [6, 6.07) is 5.27. The SMILES string of the molecule is CC1(C)CCCN(Cc2ccc(Br)cc2Cl)C1C(=O)O. The lowest BCUT2D eigenvalue weighted by atomic mass is 9.76. The van der Waals surface area contributed by atoms with Crippen LogP contribution in [-0.2, 0) is 11.3 Å². The zero-order chi connectivity index (χ0) is 14.9. The maximum Gasteiger partial charge on any atom is 0.321 e. The number of carboxylic acid groups (broad SMARTS) is 1. The highest BCUT2D eigenvalue weighted by molar-refractivity contribution is 9.10. The number of likely N-dealkylation sites (tertiary alicyclic amines) is 1. The Hall–Kier alpha value is -0.580. The molecule has 0 aliphatic carbocycles. The number of aliphatic carboxylic acids is 1. The Balaban J connectivity index is 2.24. The third-order valence-corrected chi connectivity index (χ3v) is 4.84. The largest absolute Gasteiger partial charge is 0.480 e. The van der Waals surface area contributed by atoms with Crippen molar-refractivity contribution >= 4 is 33.5 Å². The fourth-order valence-electron chi connectivity index (χ4n) is 3.03. The summed E-state index contributed by atoms with van der Waals surface area (Å²) in [5.74, 6) is -0.747. The molecule has 1 aromatic rings. The number of halogens is 2. The van der Waals surface area contributed by atoms with Crippen molar-refractivity contribution in [3.8, 4) is 0 Å². The first-order valence-corrected chi connectivity index (χ1v) is 7.89. The van der Waals surface area contributed by atoms with Crippen molar-refractivity contribution in [3.05, 3.63) is 33.3 Å². The van der Waals surface area contributed by atoms with Gasteiger partial charge in [0.1, 0.15) is 6.04 Å². The van der Waals surface area contributed by atoms with Gasteiger partial charge in [0.05, 0.1) is 0 Å². The lowest BCUT2D eigenvalue weighted by Crippen LogP contribution is -2.53. The van der Waals surface area contributed by atoms with Crippen molar-refractivity contribution in [2.24, 2.45) is 5.41 Å². The van der Waals surface area contributed by atoms with E-state index in [0.717, 1.165) is 29.4 Å². The summed E-state index contributed by atoms with van der Waals surface area (Å²) < 4.78 is 0.931. The minimum atomic E-state index is -0.747. The quantitative estimate of drug-likeness (QED) is 0.879. The molecule has 20 heavy (non-hydrogen) atoms. The number of hydrogen-bond acceptors (Lipinski definition) is 2. The number of carbonyl (C=O) groups is 1. The van der Waals surface area contributed by atoms with Crippen LogP contribution in [0.3, 0.4) is 0 Å². The van der Waals surface area contributed by atoms with Crippen LogP contribution in [0.1, 0.15) is 32.3 Å². The van der Waals surface area contributed by atoms with E-state index < -0.39 is 12.0 Å². The lowest BCUT2D eigenvalue weighted by Gasteiger charge is -2.44. The van der Waals surface area contributed by atoms with Gasteiger partial charge in [0, 0.05) is 16.0 Å². The number of hydrogen-bond donors (Lipinski definition) is 1. The molecule has 0 saturated carbocycles. The molecule has 0 aromatic heterocycles. The molecule has 0 radical (unpaired) electrons. The normalized spacial score (nSPS) is 22.7. The molecule has 1 fully saturated rings. The molecular weight excluding hydrogens is 342 g/mol. The molecule has 1 heterocycles. The summed E-state index contributed by atoms with van der Waals surface area (Å²) in [4.78, 5) is 13.7.